The van der Waals surface area contributed by atoms with Gasteiger partial charge >= 0.3 is 0 Å². The van der Waals surface area contributed by atoms with Crippen LogP contribution in [0.5, 0.6) is 17.2 Å². The third-order valence-corrected chi connectivity index (χ3v) is 2.75. The fourth-order valence-corrected chi connectivity index (χ4v) is 1.91. The standard InChI is InChI=1S/C12H16O4/c1-14-8-6-10(15-2)12-9(13)4-3-5-16-11(12)7-8/h6-7,9,13H,3-5H2,1-2H3. The maximum Gasteiger partial charge on any atom is 0.132 e. The van der Waals surface area contributed by atoms with Gasteiger partial charge in [-0.2, -0.15) is 0 Å². The highest BCUT2D eigenvalue weighted by Gasteiger charge is 2.23. The maximum atomic E-state index is 10.0. The van der Waals surface area contributed by atoms with Gasteiger partial charge in [0.05, 0.1) is 32.5 Å². The highest BCUT2D eigenvalue weighted by molar-refractivity contribution is 5.52. The van der Waals surface area contributed by atoms with E-state index in [0.717, 1.165) is 12.0 Å². The van der Waals surface area contributed by atoms with Crippen LogP contribution in [-0.2, 0) is 0 Å². The summed E-state index contributed by atoms with van der Waals surface area (Å²) in [5, 5.41) is 10.0. The summed E-state index contributed by atoms with van der Waals surface area (Å²) in [5.74, 6) is 1.94. The summed E-state index contributed by atoms with van der Waals surface area (Å²) in [6.07, 6.45) is 0.996. The molecule has 1 unspecified atom stereocenters. The number of methoxy groups -OCH3 is 2. The molecule has 0 aliphatic carbocycles. The number of ether oxygens (including phenoxy) is 3. The van der Waals surface area contributed by atoms with Gasteiger partial charge in [0.1, 0.15) is 17.2 Å². The minimum absolute atomic E-state index is 0.529. The van der Waals surface area contributed by atoms with Crippen LogP contribution >= 0.6 is 0 Å². The Morgan fingerprint density at radius 2 is 2.12 bits per heavy atom. The van der Waals surface area contributed by atoms with Crippen LogP contribution in [-0.4, -0.2) is 25.9 Å². The fourth-order valence-electron chi connectivity index (χ4n) is 1.91. The molecule has 88 valence electrons. The predicted molar refractivity (Wildman–Crippen MR) is 59.2 cm³/mol. The summed E-state index contributed by atoms with van der Waals surface area (Å²) < 4.78 is 16.0. The predicted octanol–water partition coefficient (Wildman–Crippen LogP) is 1.91. The van der Waals surface area contributed by atoms with E-state index in [4.69, 9.17) is 14.2 Å². The van der Waals surface area contributed by atoms with Crippen LogP contribution in [0.25, 0.3) is 0 Å². The summed E-state index contributed by atoms with van der Waals surface area (Å²) in [4.78, 5) is 0. The number of hydrogen-bond acceptors (Lipinski definition) is 4. The van der Waals surface area contributed by atoms with Gasteiger partial charge in [-0.15, -0.1) is 0 Å². The lowest BCUT2D eigenvalue weighted by atomic mass is 10.0. The first-order valence-corrected chi connectivity index (χ1v) is 5.33. The molecule has 1 aromatic carbocycles. The summed E-state index contributed by atoms with van der Waals surface area (Å²) in [5.41, 5.74) is 0.723. The molecule has 0 amide bonds. The molecule has 1 N–H and O–H groups in total. The Morgan fingerprint density at radius 1 is 1.31 bits per heavy atom. The van der Waals surface area contributed by atoms with Crippen molar-refractivity contribution in [3.05, 3.63) is 17.7 Å². The Balaban J connectivity index is 2.51. The van der Waals surface area contributed by atoms with E-state index >= 15 is 0 Å². The van der Waals surface area contributed by atoms with Crippen LogP contribution in [0.2, 0.25) is 0 Å². The largest absolute Gasteiger partial charge is 0.496 e. The van der Waals surface area contributed by atoms with Crippen molar-refractivity contribution in [2.45, 2.75) is 18.9 Å². The van der Waals surface area contributed by atoms with Crippen LogP contribution in [0.3, 0.4) is 0 Å². The first kappa shape index (κ1) is 11.1. The second-order valence-corrected chi connectivity index (χ2v) is 3.75. The molecular formula is C12H16O4. The van der Waals surface area contributed by atoms with Gasteiger partial charge in [0.25, 0.3) is 0 Å². The number of hydrogen-bond donors (Lipinski definition) is 1. The van der Waals surface area contributed by atoms with Gasteiger partial charge in [0, 0.05) is 12.1 Å². The van der Waals surface area contributed by atoms with Crippen LogP contribution in [0, 0.1) is 0 Å². The van der Waals surface area contributed by atoms with E-state index in [0.29, 0.717) is 30.3 Å². The second kappa shape index (κ2) is 4.61. The number of aliphatic hydroxyl groups excluding tert-OH is 1. The van der Waals surface area contributed by atoms with Gasteiger partial charge in [0.15, 0.2) is 0 Å². The molecular weight excluding hydrogens is 208 g/mol. The number of benzene rings is 1. The smallest absolute Gasteiger partial charge is 0.132 e. The molecule has 0 bridgehead atoms. The number of fused-ring (bicyclic) bond motifs is 1. The SMILES string of the molecule is COc1cc(OC)c2c(c1)OCCCC2O. The molecule has 0 spiro atoms. The molecule has 4 nitrogen and oxygen atoms in total. The third kappa shape index (κ3) is 1.93. The van der Waals surface area contributed by atoms with E-state index in [1.54, 1.807) is 26.4 Å². The first-order valence-electron chi connectivity index (χ1n) is 5.33. The Bertz CT molecular complexity index is 376. The first-order chi connectivity index (χ1) is 7.76. The zero-order valence-electron chi connectivity index (χ0n) is 9.53. The Morgan fingerprint density at radius 3 is 2.81 bits per heavy atom. The Labute approximate surface area is 94.8 Å². The zero-order chi connectivity index (χ0) is 11.5. The molecule has 0 saturated carbocycles. The molecule has 0 aromatic heterocycles. The number of aliphatic hydroxyl groups is 1. The van der Waals surface area contributed by atoms with Crippen molar-refractivity contribution in [2.75, 3.05) is 20.8 Å². The monoisotopic (exact) mass is 224 g/mol. The van der Waals surface area contributed by atoms with Crippen LogP contribution in [0.1, 0.15) is 24.5 Å². The molecule has 1 aliphatic heterocycles. The minimum atomic E-state index is -0.529. The molecule has 1 heterocycles. The quantitative estimate of drug-likeness (QED) is 0.833. The average Bonchev–Trinajstić information content (AvgIpc) is 2.50. The summed E-state index contributed by atoms with van der Waals surface area (Å²) in [7, 11) is 3.17. The van der Waals surface area contributed by atoms with E-state index < -0.39 is 6.10 Å². The normalized spacial score (nSPS) is 19.3. The van der Waals surface area contributed by atoms with E-state index in [-0.39, 0.29) is 0 Å². The lowest BCUT2D eigenvalue weighted by Gasteiger charge is -2.16. The Kier molecular flexibility index (Phi) is 3.19. The van der Waals surface area contributed by atoms with Crippen LogP contribution < -0.4 is 14.2 Å². The molecule has 1 aromatic rings. The van der Waals surface area contributed by atoms with Crippen LogP contribution in [0.15, 0.2) is 12.1 Å². The molecule has 1 atom stereocenters. The van der Waals surface area contributed by atoms with E-state index in [1.165, 1.54) is 0 Å². The zero-order valence-corrected chi connectivity index (χ0v) is 9.53. The highest BCUT2D eigenvalue weighted by Crippen LogP contribution is 2.41. The second-order valence-electron chi connectivity index (χ2n) is 3.75. The summed E-state index contributed by atoms with van der Waals surface area (Å²) in [6.45, 7) is 0.611. The molecule has 1 aliphatic rings. The highest BCUT2D eigenvalue weighted by atomic mass is 16.5. The van der Waals surface area contributed by atoms with E-state index in [2.05, 4.69) is 0 Å². The van der Waals surface area contributed by atoms with Crippen molar-refractivity contribution >= 4 is 0 Å². The van der Waals surface area contributed by atoms with Crippen molar-refractivity contribution in [3.8, 4) is 17.2 Å². The average molecular weight is 224 g/mol. The summed E-state index contributed by atoms with van der Waals surface area (Å²) in [6, 6.07) is 3.54. The molecule has 0 radical (unpaired) electrons. The van der Waals surface area contributed by atoms with Gasteiger partial charge in [-0.1, -0.05) is 0 Å². The molecule has 4 heteroatoms. The molecule has 0 fully saturated rings. The van der Waals surface area contributed by atoms with Crippen molar-refractivity contribution in [3.63, 3.8) is 0 Å². The Hall–Kier alpha value is -1.42. The van der Waals surface area contributed by atoms with Crippen molar-refractivity contribution in [1.82, 2.24) is 0 Å². The van der Waals surface area contributed by atoms with Crippen molar-refractivity contribution < 1.29 is 19.3 Å². The van der Waals surface area contributed by atoms with Crippen molar-refractivity contribution in [2.24, 2.45) is 0 Å². The topological polar surface area (TPSA) is 47.9 Å². The van der Waals surface area contributed by atoms with Crippen molar-refractivity contribution in [1.29, 1.82) is 0 Å². The van der Waals surface area contributed by atoms with Gasteiger partial charge in [0.2, 0.25) is 0 Å². The van der Waals surface area contributed by atoms with Crippen LogP contribution in [0.4, 0.5) is 0 Å². The third-order valence-electron chi connectivity index (χ3n) is 2.75. The molecule has 16 heavy (non-hydrogen) atoms. The molecule has 0 saturated heterocycles. The lowest BCUT2D eigenvalue weighted by Crippen LogP contribution is -2.01. The van der Waals surface area contributed by atoms with Gasteiger partial charge in [-0.3, -0.25) is 0 Å². The van der Waals surface area contributed by atoms with E-state index in [9.17, 15) is 5.11 Å². The van der Waals surface area contributed by atoms with Gasteiger partial charge in [-0.05, 0) is 12.8 Å². The number of rotatable bonds is 2. The maximum absolute atomic E-state index is 10.0. The lowest BCUT2D eigenvalue weighted by molar-refractivity contribution is 0.163. The molecule has 2 rings (SSSR count). The van der Waals surface area contributed by atoms with Gasteiger partial charge in [-0.25, -0.2) is 0 Å². The fraction of sp³-hybridized carbons (Fsp3) is 0.500. The van der Waals surface area contributed by atoms with Gasteiger partial charge < -0.3 is 19.3 Å². The minimum Gasteiger partial charge on any atom is -0.496 e. The van der Waals surface area contributed by atoms with E-state index in [1.807, 2.05) is 0 Å². The summed E-state index contributed by atoms with van der Waals surface area (Å²) >= 11 is 0.